The lowest BCUT2D eigenvalue weighted by molar-refractivity contribution is -0.384. The molecule has 0 aliphatic heterocycles. The lowest BCUT2D eigenvalue weighted by atomic mass is 10.1. The van der Waals surface area contributed by atoms with Gasteiger partial charge in [-0.1, -0.05) is 18.2 Å². The molecule has 0 heterocycles. The van der Waals surface area contributed by atoms with Gasteiger partial charge in [-0.2, -0.15) is 0 Å². The number of Topliss-reactive ketones (excluding diaryl/α,β-unsaturated/α-hetero) is 1. The zero-order valence-corrected chi connectivity index (χ0v) is 11.2. The maximum Gasteiger partial charge on any atom is 0.270 e. The van der Waals surface area contributed by atoms with E-state index in [-0.39, 0.29) is 29.4 Å². The second kappa shape index (κ2) is 6.13. The standard InChI is InChI=1S/C15H12FNO4/c1-10(18)13-8-12(17(19)20)6-7-15(13)21-9-11-4-2-3-5-14(11)16/h2-8H,9H2,1H3. The van der Waals surface area contributed by atoms with Crippen molar-refractivity contribution in [3.8, 4) is 5.75 Å². The normalized spacial score (nSPS) is 10.2. The molecule has 108 valence electrons. The Kier molecular flexibility index (Phi) is 4.27. The SMILES string of the molecule is CC(=O)c1cc([N+](=O)[O-])ccc1OCc1ccccc1F. The average molecular weight is 289 g/mol. The third-order valence-electron chi connectivity index (χ3n) is 2.89. The van der Waals surface area contributed by atoms with Crippen molar-refractivity contribution in [3.63, 3.8) is 0 Å². The Labute approximate surface area is 120 Å². The molecular weight excluding hydrogens is 277 g/mol. The van der Waals surface area contributed by atoms with E-state index in [2.05, 4.69) is 0 Å². The van der Waals surface area contributed by atoms with Gasteiger partial charge in [0, 0.05) is 17.7 Å². The predicted molar refractivity (Wildman–Crippen MR) is 73.8 cm³/mol. The summed E-state index contributed by atoms with van der Waals surface area (Å²) in [6.07, 6.45) is 0. The number of nitro groups is 1. The summed E-state index contributed by atoms with van der Waals surface area (Å²) in [5, 5.41) is 10.7. The Morgan fingerprint density at radius 2 is 2.00 bits per heavy atom. The summed E-state index contributed by atoms with van der Waals surface area (Å²) in [5.74, 6) is -0.581. The number of nitro benzene ring substituents is 1. The van der Waals surface area contributed by atoms with Crippen LogP contribution in [0.25, 0.3) is 0 Å². The molecule has 0 spiro atoms. The molecule has 21 heavy (non-hydrogen) atoms. The van der Waals surface area contributed by atoms with E-state index in [9.17, 15) is 19.3 Å². The van der Waals surface area contributed by atoms with Crippen LogP contribution in [0, 0.1) is 15.9 Å². The van der Waals surface area contributed by atoms with E-state index in [1.165, 1.54) is 25.1 Å². The smallest absolute Gasteiger partial charge is 0.270 e. The van der Waals surface area contributed by atoms with Gasteiger partial charge < -0.3 is 4.74 Å². The number of carbonyl (C=O) groups is 1. The second-order valence-corrected chi connectivity index (χ2v) is 4.37. The minimum Gasteiger partial charge on any atom is -0.488 e. The molecule has 0 unspecified atom stereocenters. The second-order valence-electron chi connectivity index (χ2n) is 4.37. The van der Waals surface area contributed by atoms with Crippen molar-refractivity contribution in [2.45, 2.75) is 13.5 Å². The Hall–Kier alpha value is -2.76. The van der Waals surface area contributed by atoms with Gasteiger partial charge in [-0.05, 0) is 19.1 Å². The number of non-ortho nitro benzene ring substituents is 1. The van der Waals surface area contributed by atoms with E-state index < -0.39 is 10.7 Å². The lowest BCUT2D eigenvalue weighted by Crippen LogP contribution is -2.04. The van der Waals surface area contributed by atoms with Crippen LogP contribution in [0.5, 0.6) is 5.75 Å². The molecule has 0 fully saturated rings. The number of nitrogens with zero attached hydrogens (tertiary/aromatic N) is 1. The summed E-state index contributed by atoms with van der Waals surface area (Å²) in [6.45, 7) is 1.22. The van der Waals surface area contributed by atoms with Crippen molar-refractivity contribution in [2.24, 2.45) is 0 Å². The maximum absolute atomic E-state index is 13.5. The number of hydrogen-bond acceptors (Lipinski definition) is 4. The van der Waals surface area contributed by atoms with Crippen molar-refractivity contribution in [1.29, 1.82) is 0 Å². The fraction of sp³-hybridized carbons (Fsp3) is 0.133. The van der Waals surface area contributed by atoms with Crippen LogP contribution in [0.3, 0.4) is 0 Å². The molecule has 2 aromatic carbocycles. The molecule has 5 nitrogen and oxygen atoms in total. The van der Waals surface area contributed by atoms with E-state index in [0.29, 0.717) is 5.56 Å². The first-order valence-corrected chi connectivity index (χ1v) is 6.14. The van der Waals surface area contributed by atoms with Crippen LogP contribution in [-0.2, 0) is 6.61 Å². The van der Waals surface area contributed by atoms with Gasteiger partial charge in [-0.15, -0.1) is 0 Å². The summed E-state index contributed by atoms with van der Waals surface area (Å²) in [7, 11) is 0. The zero-order valence-electron chi connectivity index (χ0n) is 11.2. The van der Waals surface area contributed by atoms with Crippen LogP contribution < -0.4 is 4.74 Å². The molecule has 0 saturated heterocycles. The number of halogens is 1. The Morgan fingerprint density at radius 3 is 2.62 bits per heavy atom. The minimum atomic E-state index is -0.590. The number of carbonyl (C=O) groups excluding carboxylic acids is 1. The summed E-state index contributed by atoms with van der Waals surface area (Å²) < 4.78 is 18.9. The lowest BCUT2D eigenvalue weighted by Gasteiger charge is -2.10. The van der Waals surface area contributed by atoms with Gasteiger partial charge in [0.05, 0.1) is 10.5 Å². The van der Waals surface area contributed by atoms with Gasteiger partial charge in [-0.25, -0.2) is 4.39 Å². The number of benzene rings is 2. The molecule has 0 N–H and O–H groups in total. The van der Waals surface area contributed by atoms with Crippen LogP contribution in [0.4, 0.5) is 10.1 Å². The number of rotatable bonds is 5. The largest absolute Gasteiger partial charge is 0.488 e. The highest BCUT2D eigenvalue weighted by atomic mass is 19.1. The molecule has 0 atom stereocenters. The molecule has 2 rings (SSSR count). The fourth-order valence-corrected chi connectivity index (χ4v) is 1.80. The molecule has 2 aromatic rings. The molecule has 0 bridgehead atoms. The molecule has 0 saturated carbocycles. The molecule has 6 heteroatoms. The topological polar surface area (TPSA) is 69.4 Å². The molecule has 0 aliphatic rings. The van der Waals surface area contributed by atoms with Gasteiger partial charge in [0.25, 0.3) is 5.69 Å². The highest BCUT2D eigenvalue weighted by molar-refractivity contribution is 5.97. The summed E-state index contributed by atoms with van der Waals surface area (Å²) in [6, 6.07) is 9.83. The molecule has 0 amide bonds. The predicted octanol–water partition coefficient (Wildman–Crippen LogP) is 3.52. The number of hydrogen-bond donors (Lipinski definition) is 0. The van der Waals surface area contributed by atoms with Crippen LogP contribution in [-0.4, -0.2) is 10.7 Å². The van der Waals surface area contributed by atoms with Gasteiger partial charge in [0.15, 0.2) is 5.78 Å². The van der Waals surface area contributed by atoms with Gasteiger partial charge in [0.1, 0.15) is 18.2 Å². The third kappa shape index (κ3) is 3.42. The summed E-state index contributed by atoms with van der Waals surface area (Å²) in [4.78, 5) is 21.7. The molecule has 0 aliphatic carbocycles. The van der Waals surface area contributed by atoms with E-state index in [1.54, 1.807) is 18.2 Å². The zero-order chi connectivity index (χ0) is 15.4. The van der Waals surface area contributed by atoms with Crippen LogP contribution in [0.15, 0.2) is 42.5 Å². The van der Waals surface area contributed by atoms with Crippen molar-refractivity contribution in [3.05, 3.63) is 69.5 Å². The summed E-state index contributed by atoms with van der Waals surface area (Å²) in [5.41, 5.74) is 0.240. The van der Waals surface area contributed by atoms with E-state index in [0.717, 1.165) is 6.07 Å². The highest BCUT2D eigenvalue weighted by Gasteiger charge is 2.15. The maximum atomic E-state index is 13.5. The Morgan fingerprint density at radius 1 is 1.29 bits per heavy atom. The third-order valence-corrected chi connectivity index (χ3v) is 2.89. The van der Waals surface area contributed by atoms with Crippen molar-refractivity contribution >= 4 is 11.5 Å². The summed E-state index contributed by atoms with van der Waals surface area (Å²) >= 11 is 0. The fourth-order valence-electron chi connectivity index (χ4n) is 1.80. The number of ether oxygens (including phenoxy) is 1. The first-order chi connectivity index (χ1) is 9.99. The van der Waals surface area contributed by atoms with E-state index in [1.807, 2.05) is 0 Å². The van der Waals surface area contributed by atoms with E-state index >= 15 is 0 Å². The average Bonchev–Trinajstić information content (AvgIpc) is 2.46. The van der Waals surface area contributed by atoms with Crippen molar-refractivity contribution in [2.75, 3.05) is 0 Å². The van der Waals surface area contributed by atoms with Crippen LogP contribution in [0.2, 0.25) is 0 Å². The number of ketones is 1. The first kappa shape index (κ1) is 14.6. The minimum absolute atomic E-state index is 0.0647. The Balaban J connectivity index is 2.26. The van der Waals surface area contributed by atoms with Gasteiger partial charge in [0.2, 0.25) is 0 Å². The molecule has 0 aromatic heterocycles. The van der Waals surface area contributed by atoms with Gasteiger partial charge >= 0.3 is 0 Å². The van der Waals surface area contributed by atoms with Crippen LogP contribution in [0.1, 0.15) is 22.8 Å². The monoisotopic (exact) mass is 289 g/mol. The highest BCUT2D eigenvalue weighted by Crippen LogP contribution is 2.25. The molecular formula is C15H12FNO4. The van der Waals surface area contributed by atoms with Gasteiger partial charge in [-0.3, -0.25) is 14.9 Å². The first-order valence-electron chi connectivity index (χ1n) is 6.14. The van der Waals surface area contributed by atoms with E-state index in [4.69, 9.17) is 4.74 Å². The Bertz CT molecular complexity index is 700. The van der Waals surface area contributed by atoms with Crippen molar-refractivity contribution < 1.29 is 18.8 Å². The quantitative estimate of drug-likeness (QED) is 0.480. The van der Waals surface area contributed by atoms with Crippen LogP contribution >= 0.6 is 0 Å². The van der Waals surface area contributed by atoms with Crippen molar-refractivity contribution in [1.82, 2.24) is 0 Å². The molecule has 0 radical (unpaired) electrons.